The zero-order chi connectivity index (χ0) is 15.9. The number of esters is 1. The summed E-state index contributed by atoms with van der Waals surface area (Å²) in [6, 6.07) is 15.2. The predicted molar refractivity (Wildman–Crippen MR) is 81.6 cm³/mol. The van der Waals surface area contributed by atoms with Crippen molar-refractivity contribution in [3.63, 3.8) is 0 Å². The van der Waals surface area contributed by atoms with Gasteiger partial charge in [0, 0.05) is 12.6 Å². The van der Waals surface area contributed by atoms with Gasteiger partial charge in [0.05, 0.1) is 11.3 Å². The maximum Gasteiger partial charge on any atom is 0.339 e. The highest BCUT2D eigenvalue weighted by atomic mass is 16.5. The molecule has 2 rings (SSSR count). The standard InChI is InChI=1S/C17H15NO4/c1-18(12-20)15-10-6-5-9-14(15)16(11-19)22-17(21)13-7-3-2-4-8-13/h2-12,16H,1H3. The second-order valence-corrected chi connectivity index (χ2v) is 4.60. The number of hydrogen-bond acceptors (Lipinski definition) is 4. The lowest BCUT2D eigenvalue weighted by atomic mass is 10.1. The molecule has 22 heavy (non-hydrogen) atoms. The third-order valence-corrected chi connectivity index (χ3v) is 3.15. The number of anilines is 1. The molecule has 0 aromatic heterocycles. The molecule has 0 spiro atoms. The van der Waals surface area contributed by atoms with E-state index in [2.05, 4.69) is 0 Å². The maximum absolute atomic E-state index is 12.1. The van der Waals surface area contributed by atoms with Crippen LogP contribution in [0.15, 0.2) is 54.6 Å². The predicted octanol–water partition coefficient (Wildman–Crippen LogP) is 2.38. The summed E-state index contributed by atoms with van der Waals surface area (Å²) in [6.45, 7) is 0. The Bertz CT molecular complexity index is 669. The minimum Gasteiger partial charge on any atom is -0.446 e. The molecule has 0 bridgehead atoms. The summed E-state index contributed by atoms with van der Waals surface area (Å²) < 4.78 is 5.26. The van der Waals surface area contributed by atoms with Crippen LogP contribution in [0.1, 0.15) is 22.0 Å². The first kappa shape index (κ1) is 15.4. The van der Waals surface area contributed by atoms with Crippen molar-refractivity contribution in [3.8, 4) is 0 Å². The van der Waals surface area contributed by atoms with Gasteiger partial charge in [-0.2, -0.15) is 0 Å². The molecule has 0 aliphatic carbocycles. The van der Waals surface area contributed by atoms with Gasteiger partial charge in [-0.05, 0) is 18.2 Å². The SMILES string of the molecule is CN(C=O)c1ccccc1C(C=O)OC(=O)c1ccccc1. The lowest BCUT2D eigenvalue weighted by Gasteiger charge is -2.20. The van der Waals surface area contributed by atoms with E-state index in [1.54, 1.807) is 61.6 Å². The lowest BCUT2D eigenvalue weighted by molar-refractivity contribution is -0.115. The Kier molecular flexibility index (Phi) is 5.03. The number of amides is 1. The van der Waals surface area contributed by atoms with Gasteiger partial charge in [0.25, 0.3) is 0 Å². The molecule has 2 aromatic rings. The van der Waals surface area contributed by atoms with E-state index >= 15 is 0 Å². The monoisotopic (exact) mass is 297 g/mol. The number of aldehydes is 1. The van der Waals surface area contributed by atoms with Crippen LogP contribution in [0.25, 0.3) is 0 Å². The van der Waals surface area contributed by atoms with E-state index in [0.29, 0.717) is 29.5 Å². The second-order valence-electron chi connectivity index (χ2n) is 4.60. The van der Waals surface area contributed by atoms with Crippen molar-refractivity contribution in [2.45, 2.75) is 6.10 Å². The Labute approximate surface area is 128 Å². The van der Waals surface area contributed by atoms with Crippen LogP contribution in [-0.2, 0) is 14.3 Å². The van der Waals surface area contributed by atoms with Gasteiger partial charge in [0.1, 0.15) is 0 Å². The number of rotatable bonds is 6. The highest BCUT2D eigenvalue weighted by molar-refractivity contribution is 5.91. The van der Waals surface area contributed by atoms with Crippen LogP contribution >= 0.6 is 0 Å². The molecular weight excluding hydrogens is 282 g/mol. The summed E-state index contributed by atoms with van der Waals surface area (Å²) in [5, 5.41) is 0. The molecule has 0 radical (unpaired) electrons. The molecule has 0 N–H and O–H groups in total. The van der Waals surface area contributed by atoms with E-state index in [-0.39, 0.29) is 0 Å². The molecule has 2 aromatic carbocycles. The van der Waals surface area contributed by atoms with Crippen LogP contribution in [0.4, 0.5) is 5.69 Å². The van der Waals surface area contributed by atoms with Crippen LogP contribution < -0.4 is 4.90 Å². The Hall–Kier alpha value is -2.95. The van der Waals surface area contributed by atoms with Gasteiger partial charge in [-0.25, -0.2) is 4.79 Å². The van der Waals surface area contributed by atoms with E-state index in [4.69, 9.17) is 4.74 Å². The highest BCUT2D eigenvalue weighted by Crippen LogP contribution is 2.27. The van der Waals surface area contributed by atoms with Crippen molar-refractivity contribution < 1.29 is 19.1 Å². The topological polar surface area (TPSA) is 63.7 Å². The van der Waals surface area contributed by atoms with Crippen LogP contribution in [0.2, 0.25) is 0 Å². The van der Waals surface area contributed by atoms with Gasteiger partial charge in [-0.1, -0.05) is 36.4 Å². The first-order valence-electron chi connectivity index (χ1n) is 6.65. The number of carbonyl (C=O) groups excluding carboxylic acids is 3. The molecule has 1 amide bonds. The summed E-state index contributed by atoms with van der Waals surface area (Å²) in [7, 11) is 1.56. The van der Waals surface area contributed by atoms with Crippen molar-refractivity contribution in [3.05, 3.63) is 65.7 Å². The fourth-order valence-electron chi connectivity index (χ4n) is 2.03. The summed E-state index contributed by atoms with van der Waals surface area (Å²) in [4.78, 5) is 35.7. The van der Waals surface area contributed by atoms with Crippen LogP contribution in [0.3, 0.4) is 0 Å². The van der Waals surface area contributed by atoms with Crippen molar-refractivity contribution in [2.24, 2.45) is 0 Å². The average molecular weight is 297 g/mol. The molecule has 0 heterocycles. The Morgan fingerprint density at radius 2 is 1.68 bits per heavy atom. The fourth-order valence-corrected chi connectivity index (χ4v) is 2.03. The molecule has 0 saturated carbocycles. The zero-order valence-corrected chi connectivity index (χ0v) is 12.0. The second kappa shape index (κ2) is 7.17. The third kappa shape index (κ3) is 3.38. The Morgan fingerprint density at radius 3 is 2.32 bits per heavy atom. The molecule has 5 heteroatoms. The lowest BCUT2D eigenvalue weighted by Crippen LogP contribution is -2.19. The average Bonchev–Trinajstić information content (AvgIpc) is 2.59. The van der Waals surface area contributed by atoms with E-state index in [9.17, 15) is 14.4 Å². The Balaban J connectivity index is 2.28. The number of carbonyl (C=O) groups is 3. The third-order valence-electron chi connectivity index (χ3n) is 3.15. The largest absolute Gasteiger partial charge is 0.446 e. The minimum absolute atomic E-state index is 0.357. The minimum atomic E-state index is -1.08. The van der Waals surface area contributed by atoms with Crippen molar-refractivity contribution in [1.29, 1.82) is 0 Å². The molecule has 0 aliphatic rings. The first-order valence-corrected chi connectivity index (χ1v) is 6.65. The summed E-state index contributed by atoms with van der Waals surface area (Å²) >= 11 is 0. The summed E-state index contributed by atoms with van der Waals surface area (Å²) in [5.74, 6) is -0.596. The smallest absolute Gasteiger partial charge is 0.339 e. The van der Waals surface area contributed by atoms with Gasteiger partial charge >= 0.3 is 5.97 Å². The van der Waals surface area contributed by atoms with Crippen molar-refractivity contribution in [2.75, 3.05) is 11.9 Å². The van der Waals surface area contributed by atoms with E-state index < -0.39 is 12.1 Å². The summed E-state index contributed by atoms with van der Waals surface area (Å²) in [6.07, 6.45) is 0.0872. The Morgan fingerprint density at radius 1 is 1.05 bits per heavy atom. The molecule has 1 unspecified atom stereocenters. The highest BCUT2D eigenvalue weighted by Gasteiger charge is 2.21. The van der Waals surface area contributed by atoms with Crippen LogP contribution in [0.5, 0.6) is 0 Å². The molecule has 5 nitrogen and oxygen atoms in total. The van der Waals surface area contributed by atoms with Crippen molar-refractivity contribution >= 4 is 24.4 Å². The maximum atomic E-state index is 12.1. The van der Waals surface area contributed by atoms with Crippen LogP contribution in [0, 0.1) is 0 Å². The number of para-hydroxylation sites is 1. The molecular formula is C17H15NO4. The number of hydrogen-bond donors (Lipinski definition) is 0. The van der Waals surface area contributed by atoms with Gasteiger partial charge in [0.2, 0.25) is 6.41 Å². The molecule has 0 fully saturated rings. The normalized spacial score (nSPS) is 11.3. The molecule has 112 valence electrons. The molecule has 0 aliphatic heterocycles. The van der Waals surface area contributed by atoms with Gasteiger partial charge < -0.3 is 9.64 Å². The number of nitrogens with zero attached hydrogens (tertiary/aromatic N) is 1. The fraction of sp³-hybridized carbons (Fsp3) is 0.118. The quantitative estimate of drug-likeness (QED) is 0.606. The number of ether oxygens (including phenoxy) is 1. The van der Waals surface area contributed by atoms with Gasteiger partial charge in [-0.3, -0.25) is 9.59 Å². The van der Waals surface area contributed by atoms with E-state index in [0.717, 1.165) is 0 Å². The van der Waals surface area contributed by atoms with E-state index in [1.807, 2.05) is 0 Å². The van der Waals surface area contributed by atoms with E-state index in [1.165, 1.54) is 4.90 Å². The van der Waals surface area contributed by atoms with Crippen molar-refractivity contribution in [1.82, 2.24) is 0 Å². The molecule has 0 saturated heterocycles. The van der Waals surface area contributed by atoms with Crippen LogP contribution in [-0.4, -0.2) is 25.7 Å². The number of benzene rings is 2. The first-order chi connectivity index (χ1) is 10.7. The summed E-state index contributed by atoms with van der Waals surface area (Å²) in [5.41, 5.74) is 1.32. The van der Waals surface area contributed by atoms with Gasteiger partial charge in [-0.15, -0.1) is 0 Å². The zero-order valence-electron chi connectivity index (χ0n) is 12.0. The molecule has 1 atom stereocenters. The van der Waals surface area contributed by atoms with Gasteiger partial charge in [0.15, 0.2) is 12.4 Å².